The molecule has 1 N–H and O–H groups in total. The lowest BCUT2D eigenvalue weighted by Crippen LogP contribution is -2.26. The first-order valence-electron chi connectivity index (χ1n) is 6.74. The molecule has 98 valence electrons. The number of fused-ring (bicyclic) bond motifs is 1. The van der Waals surface area contributed by atoms with Crippen molar-refractivity contribution < 1.29 is 9.53 Å². The number of rotatable bonds is 2. The van der Waals surface area contributed by atoms with Crippen LogP contribution in [0.3, 0.4) is 0 Å². The summed E-state index contributed by atoms with van der Waals surface area (Å²) in [7, 11) is 0. The summed E-state index contributed by atoms with van der Waals surface area (Å²) in [6, 6.07) is 0. The zero-order valence-corrected chi connectivity index (χ0v) is 11.2. The molecule has 2 heterocycles. The van der Waals surface area contributed by atoms with Crippen molar-refractivity contribution in [1.82, 2.24) is 4.98 Å². The van der Waals surface area contributed by atoms with E-state index in [1.807, 2.05) is 0 Å². The zero-order valence-electron chi connectivity index (χ0n) is 10.4. The molecule has 0 spiro atoms. The molecule has 3 rings (SSSR count). The third-order valence-electron chi connectivity index (χ3n) is 3.55. The van der Waals surface area contributed by atoms with Crippen LogP contribution in [0.15, 0.2) is 0 Å². The molecule has 1 saturated heterocycles. The van der Waals surface area contributed by atoms with E-state index in [2.05, 4.69) is 10.3 Å². The van der Waals surface area contributed by atoms with E-state index in [4.69, 9.17) is 4.74 Å². The van der Waals surface area contributed by atoms with Crippen molar-refractivity contribution in [3.63, 3.8) is 0 Å². The van der Waals surface area contributed by atoms with Gasteiger partial charge in [-0.2, -0.15) is 0 Å². The van der Waals surface area contributed by atoms with E-state index in [-0.39, 0.29) is 12.0 Å². The lowest BCUT2D eigenvalue weighted by Gasteiger charge is -2.07. The van der Waals surface area contributed by atoms with Gasteiger partial charge in [0.05, 0.1) is 5.69 Å². The Morgan fingerprint density at radius 1 is 1.28 bits per heavy atom. The highest BCUT2D eigenvalue weighted by Crippen LogP contribution is 2.29. The van der Waals surface area contributed by atoms with Crippen LogP contribution in [0.1, 0.15) is 42.7 Å². The number of aromatic nitrogens is 1. The van der Waals surface area contributed by atoms with Crippen molar-refractivity contribution in [2.24, 2.45) is 0 Å². The van der Waals surface area contributed by atoms with Crippen molar-refractivity contribution in [3.8, 4) is 0 Å². The van der Waals surface area contributed by atoms with Gasteiger partial charge in [0.2, 0.25) is 0 Å². The number of aryl methyl sites for hydroxylation is 2. The Labute approximate surface area is 111 Å². The molecule has 1 amide bonds. The van der Waals surface area contributed by atoms with Gasteiger partial charge in [0.25, 0.3) is 5.91 Å². The minimum Gasteiger partial charge on any atom is -0.368 e. The molecule has 0 aromatic carbocycles. The van der Waals surface area contributed by atoms with Gasteiger partial charge in [0.15, 0.2) is 5.13 Å². The minimum absolute atomic E-state index is 0.0311. The molecule has 4 nitrogen and oxygen atoms in total. The average molecular weight is 266 g/mol. The van der Waals surface area contributed by atoms with E-state index < -0.39 is 0 Å². The fourth-order valence-corrected chi connectivity index (χ4v) is 3.61. The molecule has 2 aliphatic rings. The molecule has 18 heavy (non-hydrogen) atoms. The maximum atomic E-state index is 11.9. The zero-order chi connectivity index (χ0) is 12.4. The molecule has 1 aromatic rings. The first kappa shape index (κ1) is 12.1. The van der Waals surface area contributed by atoms with E-state index in [0.717, 1.165) is 30.8 Å². The normalized spacial score (nSPS) is 23.4. The summed E-state index contributed by atoms with van der Waals surface area (Å²) in [5.41, 5.74) is 1.19. The maximum Gasteiger partial charge on any atom is 0.255 e. The van der Waals surface area contributed by atoms with Crippen LogP contribution in [0.4, 0.5) is 5.13 Å². The van der Waals surface area contributed by atoms with Crippen molar-refractivity contribution in [3.05, 3.63) is 10.6 Å². The predicted octanol–water partition coefficient (Wildman–Crippen LogP) is 2.53. The second kappa shape index (κ2) is 5.36. The van der Waals surface area contributed by atoms with Gasteiger partial charge in [-0.15, -0.1) is 11.3 Å². The number of nitrogens with zero attached hydrogens (tertiary/aromatic N) is 1. The van der Waals surface area contributed by atoms with Gasteiger partial charge in [-0.1, -0.05) is 6.42 Å². The second-order valence-corrected chi connectivity index (χ2v) is 6.02. The van der Waals surface area contributed by atoms with Gasteiger partial charge in [-0.05, 0) is 38.5 Å². The third-order valence-corrected chi connectivity index (χ3v) is 4.62. The van der Waals surface area contributed by atoms with Crippen LogP contribution in [0.5, 0.6) is 0 Å². The molecule has 0 radical (unpaired) electrons. The standard InChI is InChI=1S/C13H18N2O2S/c16-12(10-6-4-8-17-10)15-13-14-9-5-2-1-3-7-11(9)18-13/h10H,1-8H2,(H,14,15,16). The smallest absolute Gasteiger partial charge is 0.255 e. The topological polar surface area (TPSA) is 51.2 Å². The number of hydrogen-bond acceptors (Lipinski definition) is 4. The van der Waals surface area contributed by atoms with Gasteiger partial charge in [0, 0.05) is 11.5 Å². The molecule has 5 heteroatoms. The number of thiazole rings is 1. The molecule has 1 atom stereocenters. The number of anilines is 1. The second-order valence-electron chi connectivity index (χ2n) is 4.94. The number of carbonyl (C=O) groups is 1. The maximum absolute atomic E-state index is 11.9. The van der Waals surface area contributed by atoms with E-state index in [9.17, 15) is 4.79 Å². The first-order chi connectivity index (χ1) is 8.83. The molecule has 0 saturated carbocycles. The molecule has 1 aromatic heterocycles. The van der Waals surface area contributed by atoms with Crippen molar-refractivity contribution in [1.29, 1.82) is 0 Å². The predicted molar refractivity (Wildman–Crippen MR) is 71.0 cm³/mol. The highest BCUT2D eigenvalue weighted by atomic mass is 32.1. The fraction of sp³-hybridized carbons (Fsp3) is 0.692. The Morgan fingerprint density at radius 2 is 2.17 bits per heavy atom. The van der Waals surface area contributed by atoms with Crippen molar-refractivity contribution in [2.75, 3.05) is 11.9 Å². The summed E-state index contributed by atoms with van der Waals surface area (Å²) < 4.78 is 5.37. The Hall–Kier alpha value is -0.940. The van der Waals surface area contributed by atoms with E-state index >= 15 is 0 Å². The van der Waals surface area contributed by atoms with Gasteiger partial charge < -0.3 is 4.74 Å². The summed E-state index contributed by atoms with van der Waals surface area (Å²) in [6.45, 7) is 0.701. The number of carbonyl (C=O) groups excluding carboxylic acids is 1. The van der Waals surface area contributed by atoms with E-state index in [0.29, 0.717) is 6.61 Å². The lowest BCUT2D eigenvalue weighted by atomic mass is 10.2. The summed E-state index contributed by atoms with van der Waals surface area (Å²) >= 11 is 1.64. The number of nitrogens with one attached hydrogen (secondary N) is 1. The van der Waals surface area contributed by atoms with Gasteiger partial charge in [-0.3, -0.25) is 10.1 Å². The van der Waals surface area contributed by atoms with Crippen LogP contribution in [-0.4, -0.2) is 23.6 Å². The van der Waals surface area contributed by atoms with Gasteiger partial charge in [0.1, 0.15) is 6.10 Å². The summed E-state index contributed by atoms with van der Waals surface area (Å²) in [5.74, 6) is -0.0311. The number of ether oxygens (including phenoxy) is 1. The van der Waals surface area contributed by atoms with Crippen LogP contribution in [0.25, 0.3) is 0 Å². The van der Waals surface area contributed by atoms with Gasteiger partial charge >= 0.3 is 0 Å². The molecule has 1 aliphatic carbocycles. The summed E-state index contributed by atoms with van der Waals surface area (Å²) in [6.07, 6.45) is 7.47. The van der Waals surface area contributed by atoms with Crippen LogP contribution in [0.2, 0.25) is 0 Å². The van der Waals surface area contributed by atoms with Crippen LogP contribution < -0.4 is 5.32 Å². The Balaban J connectivity index is 1.67. The monoisotopic (exact) mass is 266 g/mol. The van der Waals surface area contributed by atoms with Crippen LogP contribution in [-0.2, 0) is 22.4 Å². The van der Waals surface area contributed by atoms with Gasteiger partial charge in [-0.25, -0.2) is 4.98 Å². The number of amides is 1. The Morgan fingerprint density at radius 3 is 3.00 bits per heavy atom. The molecule has 1 unspecified atom stereocenters. The molecule has 0 bridgehead atoms. The highest BCUT2D eigenvalue weighted by molar-refractivity contribution is 7.15. The molecular formula is C13H18N2O2S. The van der Waals surface area contributed by atoms with E-state index in [1.54, 1.807) is 11.3 Å². The quantitative estimate of drug-likeness (QED) is 0.837. The first-order valence-corrected chi connectivity index (χ1v) is 7.55. The largest absolute Gasteiger partial charge is 0.368 e. The summed E-state index contributed by atoms with van der Waals surface area (Å²) in [5, 5.41) is 3.66. The lowest BCUT2D eigenvalue weighted by molar-refractivity contribution is -0.124. The molecular weight excluding hydrogens is 248 g/mol. The fourth-order valence-electron chi connectivity index (χ4n) is 2.55. The van der Waals surface area contributed by atoms with Crippen molar-refractivity contribution >= 4 is 22.4 Å². The Kier molecular flexibility index (Phi) is 3.61. The minimum atomic E-state index is -0.270. The SMILES string of the molecule is O=C(Nc1nc2c(s1)CCCCC2)C1CCCO1. The highest BCUT2D eigenvalue weighted by Gasteiger charge is 2.25. The van der Waals surface area contributed by atoms with Crippen LogP contribution >= 0.6 is 11.3 Å². The van der Waals surface area contributed by atoms with Crippen LogP contribution in [0, 0.1) is 0 Å². The van der Waals surface area contributed by atoms with E-state index in [1.165, 1.54) is 29.8 Å². The number of hydrogen-bond donors (Lipinski definition) is 1. The average Bonchev–Trinajstić information content (AvgIpc) is 2.96. The third kappa shape index (κ3) is 2.57. The molecule has 1 fully saturated rings. The Bertz CT molecular complexity index is 415. The summed E-state index contributed by atoms with van der Waals surface area (Å²) in [4.78, 5) is 17.8. The van der Waals surface area contributed by atoms with Crippen molar-refractivity contribution in [2.45, 2.75) is 51.0 Å². The molecule has 1 aliphatic heterocycles.